The highest BCUT2D eigenvalue weighted by Gasteiger charge is 2.09. The van der Waals surface area contributed by atoms with Crippen LogP contribution in [0.2, 0.25) is 0 Å². The van der Waals surface area contributed by atoms with E-state index in [4.69, 9.17) is 0 Å². The maximum absolute atomic E-state index is 12.3. The second-order valence-electron chi connectivity index (χ2n) is 4.72. The van der Waals surface area contributed by atoms with Crippen molar-refractivity contribution in [3.05, 3.63) is 64.3 Å². The summed E-state index contributed by atoms with van der Waals surface area (Å²) in [4.78, 5) is 15.4. The molecule has 3 nitrogen and oxygen atoms in total. The first-order valence-electron chi connectivity index (χ1n) is 6.28. The summed E-state index contributed by atoms with van der Waals surface area (Å²) in [6.07, 6.45) is 1.86. The molecule has 2 N–H and O–H groups in total. The topological polar surface area (TPSA) is 44.9 Å². The molecule has 0 aliphatic rings. The van der Waals surface area contributed by atoms with Crippen molar-refractivity contribution < 1.29 is 4.79 Å². The summed E-state index contributed by atoms with van der Waals surface area (Å²) >= 11 is 3.45. The summed E-state index contributed by atoms with van der Waals surface area (Å²) in [5.74, 6) is -0.112. The van der Waals surface area contributed by atoms with Crippen molar-refractivity contribution in [3.63, 3.8) is 0 Å². The lowest BCUT2D eigenvalue weighted by Crippen LogP contribution is -2.12. The van der Waals surface area contributed by atoms with Gasteiger partial charge in [-0.25, -0.2) is 0 Å². The number of halogens is 1. The molecule has 2 aromatic carbocycles. The van der Waals surface area contributed by atoms with Crippen molar-refractivity contribution in [1.29, 1.82) is 0 Å². The fourth-order valence-corrected chi connectivity index (χ4v) is 2.47. The van der Waals surface area contributed by atoms with Crippen molar-refractivity contribution in [2.24, 2.45) is 0 Å². The SMILES string of the molecule is Cc1ccc(Br)c(NC(=O)c2ccc3[nH]ccc3c2)c1. The Labute approximate surface area is 125 Å². The first-order valence-corrected chi connectivity index (χ1v) is 7.07. The number of amides is 1. The third-order valence-corrected chi connectivity index (χ3v) is 3.88. The van der Waals surface area contributed by atoms with E-state index in [1.807, 2.05) is 55.6 Å². The van der Waals surface area contributed by atoms with Gasteiger partial charge in [0.2, 0.25) is 0 Å². The molecule has 0 aliphatic heterocycles. The molecule has 1 heterocycles. The molecule has 0 saturated carbocycles. The average molecular weight is 329 g/mol. The Balaban J connectivity index is 1.90. The minimum absolute atomic E-state index is 0.112. The molecule has 0 bridgehead atoms. The predicted molar refractivity (Wildman–Crippen MR) is 85.1 cm³/mol. The first kappa shape index (κ1) is 12.9. The van der Waals surface area contributed by atoms with Crippen LogP contribution in [0.4, 0.5) is 5.69 Å². The van der Waals surface area contributed by atoms with Gasteiger partial charge in [-0.2, -0.15) is 0 Å². The van der Waals surface area contributed by atoms with Crippen LogP contribution < -0.4 is 5.32 Å². The average Bonchev–Trinajstić information content (AvgIpc) is 2.90. The minimum Gasteiger partial charge on any atom is -0.361 e. The van der Waals surface area contributed by atoms with Crippen LogP contribution in [0, 0.1) is 6.92 Å². The number of carbonyl (C=O) groups is 1. The largest absolute Gasteiger partial charge is 0.361 e. The standard InChI is InChI=1S/C16H13BrN2O/c1-10-2-4-13(17)15(8-10)19-16(20)12-3-5-14-11(9-12)6-7-18-14/h2-9,18H,1H3,(H,19,20). The summed E-state index contributed by atoms with van der Waals surface area (Å²) in [6, 6.07) is 13.4. The zero-order chi connectivity index (χ0) is 14.1. The highest BCUT2D eigenvalue weighted by Crippen LogP contribution is 2.24. The first-order chi connectivity index (χ1) is 9.63. The summed E-state index contributed by atoms with van der Waals surface area (Å²) in [6.45, 7) is 1.99. The van der Waals surface area contributed by atoms with E-state index >= 15 is 0 Å². The highest BCUT2D eigenvalue weighted by molar-refractivity contribution is 9.10. The smallest absolute Gasteiger partial charge is 0.255 e. The van der Waals surface area contributed by atoms with Gasteiger partial charge < -0.3 is 10.3 Å². The van der Waals surface area contributed by atoms with Gasteiger partial charge in [-0.3, -0.25) is 4.79 Å². The van der Waals surface area contributed by atoms with Crippen LogP contribution in [0.1, 0.15) is 15.9 Å². The van der Waals surface area contributed by atoms with E-state index in [0.717, 1.165) is 26.6 Å². The van der Waals surface area contributed by atoms with Crippen molar-refractivity contribution in [3.8, 4) is 0 Å². The van der Waals surface area contributed by atoms with E-state index in [0.29, 0.717) is 5.56 Å². The van der Waals surface area contributed by atoms with Crippen LogP contribution in [0.15, 0.2) is 53.1 Å². The van der Waals surface area contributed by atoms with Gasteiger partial charge in [0.25, 0.3) is 5.91 Å². The molecule has 0 atom stereocenters. The fraction of sp³-hybridized carbons (Fsp3) is 0.0625. The summed E-state index contributed by atoms with van der Waals surface area (Å²) in [5.41, 5.74) is 3.55. The Kier molecular flexibility index (Phi) is 3.32. The number of aryl methyl sites for hydroxylation is 1. The molecule has 0 aliphatic carbocycles. The molecule has 0 fully saturated rings. The van der Waals surface area contributed by atoms with E-state index < -0.39 is 0 Å². The monoisotopic (exact) mass is 328 g/mol. The number of aromatic nitrogens is 1. The maximum Gasteiger partial charge on any atom is 0.255 e. The number of benzene rings is 2. The lowest BCUT2D eigenvalue weighted by atomic mass is 10.1. The van der Waals surface area contributed by atoms with Crippen LogP contribution in [0.5, 0.6) is 0 Å². The van der Waals surface area contributed by atoms with E-state index in [1.165, 1.54) is 0 Å². The van der Waals surface area contributed by atoms with Crippen molar-refractivity contribution >= 4 is 38.4 Å². The Morgan fingerprint density at radius 1 is 1.15 bits per heavy atom. The number of hydrogen-bond acceptors (Lipinski definition) is 1. The van der Waals surface area contributed by atoms with E-state index in [9.17, 15) is 4.79 Å². The zero-order valence-corrected chi connectivity index (χ0v) is 12.5. The molecule has 0 saturated heterocycles. The van der Waals surface area contributed by atoms with Crippen LogP contribution in [-0.4, -0.2) is 10.9 Å². The molecule has 0 unspecified atom stereocenters. The Bertz CT molecular complexity index is 792. The van der Waals surface area contributed by atoms with Gasteiger partial charge in [0.1, 0.15) is 0 Å². The van der Waals surface area contributed by atoms with E-state index in [1.54, 1.807) is 0 Å². The number of aromatic amines is 1. The summed E-state index contributed by atoms with van der Waals surface area (Å²) < 4.78 is 0.874. The van der Waals surface area contributed by atoms with Crippen molar-refractivity contribution in [2.75, 3.05) is 5.32 Å². The molecule has 1 aromatic heterocycles. The molecular formula is C16H13BrN2O. The lowest BCUT2D eigenvalue weighted by molar-refractivity contribution is 0.102. The van der Waals surface area contributed by atoms with E-state index in [-0.39, 0.29) is 5.91 Å². The second kappa shape index (κ2) is 5.13. The molecule has 0 spiro atoms. The number of rotatable bonds is 2. The molecule has 20 heavy (non-hydrogen) atoms. The highest BCUT2D eigenvalue weighted by atomic mass is 79.9. The third kappa shape index (κ3) is 2.47. The molecule has 100 valence electrons. The zero-order valence-electron chi connectivity index (χ0n) is 10.9. The van der Waals surface area contributed by atoms with Gasteiger partial charge in [-0.1, -0.05) is 6.07 Å². The van der Waals surface area contributed by atoms with Gasteiger partial charge in [0, 0.05) is 27.1 Å². The number of hydrogen-bond donors (Lipinski definition) is 2. The normalized spacial score (nSPS) is 10.7. The van der Waals surface area contributed by atoms with Crippen LogP contribution >= 0.6 is 15.9 Å². The molecule has 3 rings (SSSR count). The van der Waals surface area contributed by atoms with Crippen LogP contribution in [-0.2, 0) is 0 Å². The number of fused-ring (bicyclic) bond motifs is 1. The third-order valence-electron chi connectivity index (χ3n) is 3.19. The quantitative estimate of drug-likeness (QED) is 0.715. The maximum atomic E-state index is 12.3. The van der Waals surface area contributed by atoms with Gasteiger partial charge in [-0.05, 0) is 64.8 Å². The Morgan fingerprint density at radius 3 is 2.85 bits per heavy atom. The van der Waals surface area contributed by atoms with Crippen molar-refractivity contribution in [1.82, 2.24) is 4.98 Å². The second-order valence-corrected chi connectivity index (χ2v) is 5.57. The fourth-order valence-electron chi connectivity index (χ4n) is 2.12. The lowest BCUT2D eigenvalue weighted by Gasteiger charge is -2.08. The van der Waals surface area contributed by atoms with Crippen LogP contribution in [0.3, 0.4) is 0 Å². The number of H-pyrrole nitrogens is 1. The van der Waals surface area contributed by atoms with Gasteiger partial charge in [0.15, 0.2) is 0 Å². The molecule has 4 heteroatoms. The Morgan fingerprint density at radius 2 is 2.00 bits per heavy atom. The number of anilines is 1. The summed E-state index contributed by atoms with van der Waals surface area (Å²) in [5, 5.41) is 3.96. The van der Waals surface area contributed by atoms with Gasteiger partial charge >= 0.3 is 0 Å². The number of nitrogens with one attached hydrogen (secondary N) is 2. The van der Waals surface area contributed by atoms with Crippen LogP contribution in [0.25, 0.3) is 10.9 Å². The van der Waals surface area contributed by atoms with E-state index in [2.05, 4.69) is 26.2 Å². The molecular weight excluding hydrogens is 316 g/mol. The molecule has 0 radical (unpaired) electrons. The van der Waals surface area contributed by atoms with Gasteiger partial charge in [0.05, 0.1) is 5.69 Å². The molecule has 3 aromatic rings. The summed E-state index contributed by atoms with van der Waals surface area (Å²) in [7, 11) is 0. The molecule has 1 amide bonds. The predicted octanol–water partition coefficient (Wildman–Crippen LogP) is 4.49. The van der Waals surface area contributed by atoms with Crippen molar-refractivity contribution in [2.45, 2.75) is 6.92 Å². The Hall–Kier alpha value is -2.07. The van der Waals surface area contributed by atoms with Gasteiger partial charge in [-0.15, -0.1) is 0 Å². The number of carbonyl (C=O) groups excluding carboxylic acids is 1. The minimum atomic E-state index is -0.112.